The van der Waals surface area contributed by atoms with Gasteiger partial charge in [-0.1, -0.05) is 0 Å². The molecule has 0 N–H and O–H groups in total. The lowest BCUT2D eigenvalue weighted by molar-refractivity contribution is -0.144. The highest BCUT2D eigenvalue weighted by Gasteiger charge is 2.35. The van der Waals surface area contributed by atoms with Crippen LogP contribution >= 0.6 is 0 Å². The summed E-state index contributed by atoms with van der Waals surface area (Å²) >= 11 is 0. The molecule has 0 aliphatic carbocycles. The smallest absolute Gasteiger partial charge is 0.339 e. The topological polar surface area (TPSA) is 51.0 Å². The second kappa shape index (κ2) is 2.45. The fourth-order valence-corrected chi connectivity index (χ4v) is 0.954. The molecule has 0 bridgehead atoms. The minimum atomic E-state index is -0.890. The third kappa shape index (κ3) is 1.29. The second-order valence-corrected chi connectivity index (χ2v) is 2.62. The highest BCUT2D eigenvalue weighted by molar-refractivity contribution is 5.83. The summed E-state index contributed by atoms with van der Waals surface area (Å²) in [4.78, 5) is 11.1. The van der Waals surface area contributed by atoms with Crippen molar-refractivity contribution in [2.45, 2.75) is 19.4 Å². The lowest BCUT2D eigenvalue weighted by atomic mass is 10.0. The third-order valence-electron chi connectivity index (χ3n) is 1.50. The Kier molecular flexibility index (Phi) is 1.76. The van der Waals surface area contributed by atoms with Crippen LogP contribution < -0.4 is 0 Å². The average Bonchev–Trinajstić information content (AvgIpc) is 2.31. The van der Waals surface area contributed by atoms with Gasteiger partial charge in [0.05, 0.1) is 12.8 Å². The highest BCUT2D eigenvalue weighted by Crippen LogP contribution is 2.24. The molecule has 1 atom stereocenters. The molecule has 0 spiro atoms. The number of hydrogen-bond acceptors (Lipinski definition) is 4. The summed E-state index contributed by atoms with van der Waals surface area (Å²) in [6, 6.07) is 0. The van der Waals surface area contributed by atoms with Gasteiger partial charge in [0.25, 0.3) is 0 Å². The minimum Gasteiger partial charge on any atom is -0.467 e. The van der Waals surface area contributed by atoms with Gasteiger partial charge in [0.2, 0.25) is 0 Å². The van der Waals surface area contributed by atoms with Gasteiger partial charge in [-0.3, -0.25) is 0 Å². The summed E-state index contributed by atoms with van der Waals surface area (Å²) in [5, 5.41) is 7.52. The van der Waals surface area contributed by atoms with E-state index in [0.717, 1.165) is 5.70 Å². The number of carbonyl (C=O) groups excluding carboxylic acids is 1. The Morgan fingerprint density at radius 1 is 1.73 bits per heavy atom. The first kappa shape index (κ1) is 7.91. The quantitative estimate of drug-likeness (QED) is 0.534. The van der Waals surface area contributed by atoms with Gasteiger partial charge in [0.1, 0.15) is 0 Å². The number of methoxy groups -OCH3 is 1. The van der Waals surface area contributed by atoms with E-state index in [1.807, 2.05) is 0 Å². The first-order valence-corrected chi connectivity index (χ1v) is 3.29. The zero-order valence-electron chi connectivity index (χ0n) is 6.79. The molecule has 1 rings (SSSR count). The van der Waals surface area contributed by atoms with Crippen molar-refractivity contribution in [3.8, 4) is 0 Å². The predicted octanol–water partition coefficient (Wildman–Crippen LogP) is 1.29. The summed E-state index contributed by atoms with van der Waals surface area (Å²) in [6.45, 7) is 3.45. The molecule has 11 heavy (non-hydrogen) atoms. The van der Waals surface area contributed by atoms with Gasteiger partial charge in [0.15, 0.2) is 5.54 Å². The van der Waals surface area contributed by atoms with Crippen LogP contribution in [0.5, 0.6) is 0 Å². The van der Waals surface area contributed by atoms with Crippen LogP contribution in [0.3, 0.4) is 0 Å². The van der Waals surface area contributed by atoms with E-state index in [-0.39, 0.29) is 5.97 Å². The van der Waals surface area contributed by atoms with Crippen molar-refractivity contribution in [1.82, 2.24) is 0 Å². The van der Waals surface area contributed by atoms with Crippen LogP contribution in [-0.4, -0.2) is 18.6 Å². The third-order valence-corrected chi connectivity index (χ3v) is 1.50. The lowest BCUT2D eigenvalue weighted by Gasteiger charge is -2.11. The van der Waals surface area contributed by atoms with Gasteiger partial charge in [0, 0.05) is 0 Å². The Labute approximate surface area is 65.0 Å². The number of esters is 1. The van der Waals surface area contributed by atoms with Gasteiger partial charge >= 0.3 is 5.97 Å². The van der Waals surface area contributed by atoms with E-state index in [9.17, 15) is 4.79 Å². The van der Waals surface area contributed by atoms with Crippen molar-refractivity contribution >= 4 is 5.97 Å². The second-order valence-electron chi connectivity index (χ2n) is 2.62. The van der Waals surface area contributed by atoms with E-state index >= 15 is 0 Å². The van der Waals surface area contributed by atoms with Crippen LogP contribution in [-0.2, 0) is 9.53 Å². The van der Waals surface area contributed by atoms with Crippen molar-refractivity contribution in [3.63, 3.8) is 0 Å². The standard InChI is InChI=1S/C7H10N2O2/c1-5-4-7(2,9-8-5)6(10)11-3/h4H,1-3H3. The number of allylic oxidation sites excluding steroid dienone is 1. The van der Waals surface area contributed by atoms with Gasteiger partial charge in [-0.15, -0.1) is 0 Å². The summed E-state index contributed by atoms with van der Waals surface area (Å²) in [5.74, 6) is -0.377. The van der Waals surface area contributed by atoms with Crippen LogP contribution in [0, 0.1) is 0 Å². The molecule has 1 aliphatic rings. The largest absolute Gasteiger partial charge is 0.467 e. The number of carbonyl (C=O) groups is 1. The van der Waals surface area contributed by atoms with Crippen LogP contribution in [0.4, 0.5) is 0 Å². The number of rotatable bonds is 1. The van der Waals surface area contributed by atoms with Crippen molar-refractivity contribution in [3.05, 3.63) is 11.8 Å². The first-order chi connectivity index (χ1) is 5.08. The molecule has 4 nitrogen and oxygen atoms in total. The fraction of sp³-hybridized carbons (Fsp3) is 0.571. The van der Waals surface area contributed by atoms with Gasteiger partial charge in [-0.25, -0.2) is 4.79 Å². The van der Waals surface area contributed by atoms with Crippen LogP contribution in [0.15, 0.2) is 22.0 Å². The minimum absolute atomic E-state index is 0.377. The molecule has 4 heteroatoms. The molecular formula is C7H10N2O2. The SMILES string of the molecule is COC(=O)C1(C)C=C(C)N=N1. The molecule has 0 saturated carbocycles. The van der Waals surface area contributed by atoms with E-state index in [4.69, 9.17) is 0 Å². The van der Waals surface area contributed by atoms with E-state index in [1.165, 1.54) is 7.11 Å². The summed E-state index contributed by atoms with van der Waals surface area (Å²) < 4.78 is 4.55. The molecule has 0 aromatic carbocycles. The summed E-state index contributed by atoms with van der Waals surface area (Å²) in [7, 11) is 1.34. The van der Waals surface area contributed by atoms with Gasteiger partial charge in [-0.2, -0.15) is 10.2 Å². The van der Waals surface area contributed by atoms with Crippen LogP contribution in [0.25, 0.3) is 0 Å². The summed E-state index contributed by atoms with van der Waals surface area (Å²) in [6.07, 6.45) is 1.68. The zero-order valence-corrected chi connectivity index (χ0v) is 6.79. The van der Waals surface area contributed by atoms with Gasteiger partial charge in [-0.05, 0) is 19.9 Å². The van der Waals surface area contributed by atoms with Crippen molar-refractivity contribution in [2.24, 2.45) is 10.2 Å². The Morgan fingerprint density at radius 3 is 2.73 bits per heavy atom. The Hall–Kier alpha value is -1.19. The maximum absolute atomic E-state index is 11.1. The molecule has 0 fully saturated rings. The zero-order chi connectivity index (χ0) is 8.48. The van der Waals surface area contributed by atoms with E-state index in [1.54, 1.807) is 19.9 Å². The first-order valence-electron chi connectivity index (χ1n) is 3.29. The van der Waals surface area contributed by atoms with E-state index < -0.39 is 5.54 Å². The molecule has 0 radical (unpaired) electrons. The molecular weight excluding hydrogens is 144 g/mol. The van der Waals surface area contributed by atoms with E-state index in [2.05, 4.69) is 15.0 Å². The molecule has 1 aliphatic heterocycles. The number of azo groups is 1. The van der Waals surface area contributed by atoms with E-state index in [0.29, 0.717) is 0 Å². The van der Waals surface area contributed by atoms with Crippen molar-refractivity contribution in [2.75, 3.05) is 7.11 Å². The van der Waals surface area contributed by atoms with Gasteiger partial charge < -0.3 is 4.74 Å². The molecule has 0 amide bonds. The normalized spacial score (nSPS) is 28.5. The molecule has 0 saturated heterocycles. The molecule has 1 unspecified atom stereocenters. The highest BCUT2D eigenvalue weighted by atomic mass is 16.5. The molecule has 1 heterocycles. The van der Waals surface area contributed by atoms with Crippen LogP contribution in [0.2, 0.25) is 0 Å². The maximum Gasteiger partial charge on any atom is 0.339 e. The van der Waals surface area contributed by atoms with Crippen LogP contribution in [0.1, 0.15) is 13.8 Å². The summed E-state index contributed by atoms with van der Waals surface area (Å²) in [5.41, 5.74) is -0.142. The Bertz CT molecular complexity index is 245. The number of ether oxygens (including phenoxy) is 1. The Morgan fingerprint density at radius 2 is 2.36 bits per heavy atom. The van der Waals surface area contributed by atoms with Crippen molar-refractivity contribution < 1.29 is 9.53 Å². The van der Waals surface area contributed by atoms with Crippen molar-refractivity contribution in [1.29, 1.82) is 0 Å². The lowest BCUT2D eigenvalue weighted by Crippen LogP contribution is -2.30. The maximum atomic E-state index is 11.1. The number of hydrogen-bond donors (Lipinski definition) is 0. The number of nitrogens with zero attached hydrogens (tertiary/aromatic N) is 2. The monoisotopic (exact) mass is 154 g/mol. The molecule has 60 valence electrons. The average molecular weight is 154 g/mol. The fourth-order valence-electron chi connectivity index (χ4n) is 0.954. The predicted molar refractivity (Wildman–Crippen MR) is 39.0 cm³/mol. The molecule has 0 aromatic rings. The Balaban J connectivity index is 2.87. The molecule has 0 aromatic heterocycles.